The fourth-order valence-corrected chi connectivity index (χ4v) is 2.64. The average Bonchev–Trinajstić information content (AvgIpc) is 2.81. The lowest BCUT2D eigenvalue weighted by Gasteiger charge is -2.06. The maximum Gasteiger partial charge on any atom is 0.419 e. The second-order valence-corrected chi connectivity index (χ2v) is 6.58. The second kappa shape index (κ2) is 10.2. The molecular formula is C21H15F2N5O7. The summed E-state index contributed by atoms with van der Waals surface area (Å²) < 4.78 is 39.7. The molecule has 180 valence electrons. The molecule has 0 spiro atoms. The zero-order valence-electron chi connectivity index (χ0n) is 17.7. The van der Waals surface area contributed by atoms with Gasteiger partial charge in [-0.25, -0.2) is 29.1 Å². The number of carbonyl (C=O) groups is 2. The van der Waals surface area contributed by atoms with Crippen LogP contribution in [0.25, 0.3) is 10.9 Å². The number of nitrogens with zero attached hydrogens (tertiary/aromatic N) is 2. The molecule has 0 bridgehead atoms. The highest BCUT2D eigenvalue weighted by atomic mass is 19.1. The van der Waals surface area contributed by atoms with Gasteiger partial charge in [0.25, 0.3) is 0 Å². The summed E-state index contributed by atoms with van der Waals surface area (Å²) in [5.41, 5.74) is 9.48. The van der Waals surface area contributed by atoms with Crippen LogP contribution in [0.3, 0.4) is 0 Å². The number of nitrogen functional groups attached to an aromatic ring is 2. The molecule has 4 aromatic rings. The first-order valence-corrected chi connectivity index (χ1v) is 9.38. The summed E-state index contributed by atoms with van der Waals surface area (Å²) in [6.45, 7) is 0. The molecule has 14 heteroatoms. The third-order valence-corrected chi connectivity index (χ3v) is 4.30. The zero-order chi connectivity index (χ0) is 25.7. The Bertz CT molecular complexity index is 1490. The second-order valence-electron chi connectivity index (χ2n) is 6.58. The Hall–Kier alpha value is -5.14. The van der Waals surface area contributed by atoms with Gasteiger partial charge in [0.1, 0.15) is 5.75 Å². The van der Waals surface area contributed by atoms with Gasteiger partial charge in [-0.2, -0.15) is 8.78 Å². The molecule has 3 heterocycles. The van der Waals surface area contributed by atoms with Gasteiger partial charge in [0, 0.05) is 18.2 Å². The third kappa shape index (κ3) is 5.81. The maximum absolute atomic E-state index is 12.9. The number of fused-ring (bicyclic) bond motifs is 1. The largest absolute Gasteiger partial charge is 0.497 e. The molecule has 0 amide bonds. The minimum atomic E-state index is -1.21. The van der Waals surface area contributed by atoms with E-state index >= 15 is 0 Å². The Morgan fingerprint density at radius 1 is 0.943 bits per heavy atom. The molecule has 0 saturated heterocycles. The Morgan fingerprint density at radius 3 is 2.00 bits per heavy atom. The lowest BCUT2D eigenvalue weighted by Crippen LogP contribution is -2.16. The summed E-state index contributed by atoms with van der Waals surface area (Å²) in [5.74, 6) is -4.57. The number of methoxy groups -OCH3 is 1. The number of ether oxygens (including phenoxy) is 2. The number of rotatable bonds is 3. The van der Waals surface area contributed by atoms with Gasteiger partial charge in [-0.3, -0.25) is 4.98 Å². The molecule has 0 aliphatic heterocycles. The Kier molecular flexibility index (Phi) is 7.14. The highest BCUT2D eigenvalue weighted by Gasteiger charge is 2.20. The van der Waals surface area contributed by atoms with Gasteiger partial charge in [-0.1, -0.05) is 0 Å². The van der Waals surface area contributed by atoms with Crippen molar-refractivity contribution in [2.75, 3.05) is 18.6 Å². The predicted octanol–water partition coefficient (Wildman–Crippen LogP) is 1.41. The van der Waals surface area contributed by atoms with Gasteiger partial charge in [0.05, 0.1) is 52.9 Å². The van der Waals surface area contributed by atoms with E-state index in [1.165, 1.54) is 13.2 Å². The van der Waals surface area contributed by atoms with E-state index in [1.54, 1.807) is 12.1 Å². The number of anilines is 2. The molecule has 3 aromatic heterocycles. The molecule has 12 nitrogen and oxygen atoms in total. The Balaban J connectivity index is 0.000000211. The van der Waals surface area contributed by atoms with E-state index in [1.807, 2.05) is 0 Å². The molecule has 35 heavy (non-hydrogen) atoms. The summed E-state index contributed by atoms with van der Waals surface area (Å²) in [6, 6.07) is 6.14. The fourth-order valence-electron chi connectivity index (χ4n) is 2.64. The number of hydrogen-bond donors (Lipinski definition) is 3. The molecule has 0 radical (unpaired) electrons. The van der Waals surface area contributed by atoms with E-state index in [-0.39, 0.29) is 22.5 Å². The lowest BCUT2D eigenvalue weighted by atomic mass is 10.2. The van der Waals surface area contributed by atoms with Crippen molar-refractivity contribution in [3.63, 3.8) is 0 Å². The van der Waals surface area contributed by atoms with E-state index < -0.39 is 35.2 Å². The van der Waals surface area contributed by atoms with E-state index in [4.69, 9.17) is 16.2 Å². The smallest absolute Gasteiger partial charge is 0.419 e. The van der Waals surface area contributed by atoms with E-state index in [2.05, 4.69) is 24.1 Å². The van der Waals surface area contributed by atoms with Gasteiger partial charge < -0.3 is 25.4 Å². The van der Waals surface area contributed by atoms with Gasteiger partial charge in [0.15, 0.2) is 0 Å². The zero-order valence-corrected chi connectivity index (χ0v) is 17.7. The van der Waals surface area contributed by atoms with Crippen LogP contribution in [-0.4, -0.2) is 34.0 Å². The highest BCUT2D eigenvalue weighted by Crippen LogP contribution is 2.17. The molecule has 4 rings (SSSR count). The van der Waals surface area contributed by atoms with Crippen molar-refractivity contribution in [1.29, 1.82) is 0 Å². The number of aromatic amines is 1. The van der Waals surface area contributed by atoms with Crippen molar-refractivity contribution in [3.8, 4) is 5.75 Å². The number of pyridine rings is 2. The molecule has 0 aliphatic carbocycles. The van der Waals surface area contributed by atoms with Crippen molar-refractivity contribution in [2.45, 2.75) is 0 Å². The van der Waals surface area contributed by atoms with E-state index in [9.17, 15) is 28.0 Å². The van der Waals surface area contributed by atoms with Crippen LogP contribution >= 0.6 is 0 Å². The van der Waals surface area contributed by atoms with Crippen molar-refractivity contribution in [2.24, 2.45) is 0 Å². The number of nitrogens with one attached hydrogen (secondary N) is 1. The monoisotopic (exact) mass is 487 g/mol. The minimum Gasteiger partial charge on any atom is -0.497 e. The lowest BCUT2D eigenvalue weighted by molar-refractivity contribution is 0.0398. The molecule has 0 saturated carbocycles. The molecule has 0 unspecified atom stereocenters. The fraction of sp³-hybridized carbons (Fsp3) is 0.0476. The van der Waals surface area contributed by atoms with Crippen molar-refractivity contribution in [3.05, 3.63) is 86.7 Å². The number of aromatic nitrogens is 3. The van der Waals surface area contributed by atoms with Gasteiger partial charge >= 0.3 is 23.3 Å². The number of esters is 2. The number of halogens is 2. The topological polar surface area (TPSA) is 193 Å². The Morgan fingerprint density at radius 2 is 1.49 bits per heavy atom. The quantitative estimate of drug-likeness (QED) is 0.215. The van der Waals surface area contributed by atoms with Crippen LogP contribution in [0.2, 0.25) is 0 Å². The number of hydrogen-bond acceptors (Lipinski definition) is 11. The average molecular weight is 487 g/mol. The van der Waals surface area contributed by atoms with Crippen LogP contribution in [0.5, 0.6) is 5.75 Å². The summed E-state index contributed by atoms with van der Waals surface area (Å²) in [6.07, 6.45) is 1.80. The number of nitrogens with two attached hydrogens (primary N) is 2. The van der Waals surface area contributed by atoms with Crippen molar-refractivity contribution in [1.82, 2.24) is 15.0 Å². The van der Waals surface area contributed by atoms with Gasteiger partial charge in [-0.05, 0) is 12.1 Å². The molecular weight excluding hydrogens is 472 g/mol. The van der Waals surface area contributed by atoms with Crippen LogP contribution in [0.4, 0.5) is 20.2 Å². The summed E-state index contributed by atoms with van der Waals surface area (Å²) in [7, 11) is 1.50. The van der Waals surface area contributed by atoms with Gasteiger partial charge in [-0.15, -0.1) is 0 Å². The normalized spacial score (nSPS) is 10.3. The van der Waals surface area contributed by atoms with Crippen LogP contribution in [0.15, 0.2) is 56.7 Å². The Labute approximate surface area is 193 Å². The standard InChI is InChI=1S/C12H8F2N4O3.C9H7NO4/c13-9-1-5(7(15)3-17-9)11(19)21-12(20)6-2-10(14)18-4-8(6)16;1-13-5-2-3-6-7(4-5)10-9(12)14-8(6)11/h1-4H,15-16H2;2-4H,1H3,(H,10,12). The molecule has 1 aromatic carbocycles. The third-order valence-electron chi connectivity index (χ3n) is 4.30. The number of benzene rings is 1. The van der Waals surface area contributed by atoms with Crippen LogP contribution in [0, 0.1) is 11.9 Å². The summed E-state index contributed by atoms with van der Waals surface area (Å²) in [5, 5.41) is 0.324. The van der Waals surface area contributed by atoms with Gasteiger partial charge in [0.2, 0.25) is 11.9 Å². The highest BCUT2D eigenvalue weighted by molar-refractivity contribution is 6.06. The number of H-pyrrole nitrogens is 1. The summed E-state index contributed by atoms with van der Waals surface area (Å²) in [4.78, 5) is 54.3. The van der Waals surface area contributed by atoms with Crippen molar-refractivity contribution < 1.29 is 32.3 Å². The molecule has 0 fully saturated rings. The maximum atomic E-state index is 12.9. The first kappa shape index (κ1) is 24.5. The van der Waals surface area contributed by atoms with Crippen LogP contribution in [-0.2, 0) is 4.74 Å². The first-order valence-electron chi connectivity index (χ1n) is 9.38. The predicted molar refractivity (Wildman–Crippen MR) is 117 cm³/mol. The summed E-state index contributed by atoms with van der Waals surface area (Å²) >= 11 is 0. The molecule has 0 atom stereocenters. The van der Waals surface area contributed by atoms with Crippen LogP contribution in [0.1, 0.15) is 20.7 Å². The SMILES string of the molecule is COc1ccc2c(=O)oc(=O)[nH]c2c1.Nc1cnc(F)cc1C(=O)OC(=O)c1cc(F)ncc1N. The first-order chi connectivity index (χ1) is 16.6. The number of carbonyl (C=O) groups excluding carboxylic acids is 2. The van der Waals surface area contributed by atoms with E-state index in [0.717, 1.165) is 12.4 Å². The van der Waals surface area contributed by atoms with Crippen molar-refractivity contribution >= 4 is 34.2 Å². The molecule has 0 aliphatic rings. The molecule has 5 N–H and O–H groups in total. The van der Waals surface area contributed by atoms with Crippen LogP contribution < -0.4 is 27.6 Å². The van der Waals surface area contributed by atoms with E-state index in [0.29, 0.717) is 28.8 Å². The minimum absolute atomic E-state index is 0.178.